The molecule has 1 unspecified atom stereocenters. The van der Waals surface area contributed by atoms with Gasteiger partial charge in [-0.1, -0.05) is 34.1 Å². The van der Waals surface area contributed by atoms with E-state index in [1.54, 1.807) is 27.7 Å². The second-order valence-corrected chi connectivity index (χ2v) is 8.64. The predicted molar refractivity (Wildman–Crippen MR) is 123 cm³/mol. The van der Waals surface area contributed by atoms with Crippen LogP contribution in [0.2, 0.25) is 0 Å². The van der Waals surface area contributed by atoms with Crippen molar-refractivity contribution in [1.82, 2.24) is 21.3 Å². The van der Waals surface area contributed by atoms with Crippen molar-refractivity contribution in [3.8, 4) is 0 Å². The Bertz CT molecular complexity index is 800. The molecule has 0 aromatic rings. The molecule has 35 heavy (non-hydrogen) atoms. The van der Waals surface area contributed by atoms with E-state index < -0.39 is 78.5 Å². The molecule has 0 spiro atoms. The predicted octanol–water partition coefficient (Wildman–Crippen LogP) is -0.814. The molecular formula is C22H36N4O9. The van der Waals surface area contributed by atoms with Gasteiger partial charge in [-0.15, -0.1) is 0 Å². The zero-order valence-corrected chi connectivity index (χ0v) is 20.6. The molecule has 0 aromatic carbocycles. The first-order valence-corrected chi connectivity index (χ1v) is 11.3. The molecule has 4 amide bonds. The first-order chi connectivity index (χ1) is 16.2. The van der Waals surface area contributed by atoms with E-state index in [1.165, 1.54) is 6.92 Å². The van der Waals surface area contributed by atoms with Gasteiger partial charge in [0.15, 0.2) is 0 Å². The van der Waals surface area contributed by atoms with Gasteiger partial charge >= 0.3 is 11.9 Å². The number of hydrogen-bond acceptors (Lipinski definition) is 7. The van der Waals surface area contributed by atoms with Gasteiger partial charge in [0.25, 0.3) is 0 Å². The third-order valence-electron chi connectivity index (χ3n) is 5.27. The summed E-state index contributed by atoms with van der Waals surface area (Å²) in [5, 5.41) is 27.6. The van der Waals surface area contributed by atoms with E-state index >= 15 is 0 Å². The maximum atomic E-state index is 13.0. The van der Waals surface area contributed by atoms with Crippen LogP contribution < -0.4 is 21.3 Å². The lowest BCUT2D eigenvalue weighted by atomic mass is 9.96. The van der Waals surface area contributed by atoms with Gasteiger partial charge in [-0.3, -0.25) is 28.8 Å². The van der Waals surface area contributed by atoms with Gasteiger partial charge in [0.05, 0.1) is 12.5 Å². The van der Waals surface area contributed by atoms with E-state index in [0.29, 0.717) is 6.42 Å². The van der Waals surface area contributed by atoms with Crippen LogP contribution in [0.3, 0.4) is 0 Å². The Kier molecular flexibility index (Phi) is 13.9. The van der Waals surface area contributed by atoms with Crippen molar-refractivity contribution in [3.05, 3.63) is 0 Å². The first-order valence-electron chi connectivity index (χ1n) is 11.3. The maximum Gasteiger partial charge on any atom is 0.305 e. The Morgan fingerprint density at radius 2 is 1.37 bits per heavy atom. The second-order valence-electron chi connectivity index (χ2n) is 8.64. The molecule has 0 aromatic heterocycles. The minimum absolute atomic E-state index is 0.269. The molecule has 6 N–H and O–H groups in total. The molecule has 0 aliphatic rings. The van der Waals surface area contributed by atoms with Crippen molar-refractivity contribution in [2.45, 2.75) is 84.5 Å². The van der Waals surface area contributed by atoms with E-state index in [9.17, 15) is 33.6 Å². The molecular weight excluding hydrogens is 464 g/mol. The summed E-state index contributed by atoms with van der Waals surface area (Å²) in [5.41, 5.74) is 0. The van der Waals surface area contributed by atoms with Crippen LogP contribution in [-0.2, 0) is 33.6 Å². The van der Waals surface area contributed by atoms with Crippen LogP contribution in [-0.4, -0.2) is 76.2 Å². The normalized spacial score (nSPS) is 15.0. The van der Waals surface area contributed by atoms with Crippen molar-refractivity contribution in [1.29, 1.82) is 0 Å². The van der Waals surface area contributed by atoms with E-state index in [1.807, 2.05) is 0 Å². The monoisotopic (exact) mass is 500 g/mol. The number of aliphatic carboxylic acids is 2. The number of carboxylic acid groups (broad SMARTS) is 2. The number of rotatable bonds is 16. The lowest BCUT2D eigenvalue weighted by Gasteiger charge is -2.28. The third kappa shape index (κ3) is 12.0. The van der Waals surface area contributed by atoms with E-state index in [4.69, 9.17) is 10.2 Å². The van der Waals surface area contributed by atoms with E-state index in [0.717, 1.165) is 0 Å². The molecule has 0 fully saturated rings. The summed E-state index contributed by atoms with van der Waals surface area (Å²) in [6.07, 6.45) is -0.703. The zero-order valence-electron chi connectivity index (χ0n) is 20.6. The summed E-state index contributed by atoms with van der Waals surface area (Å²) in [7, 11) is 0. The fraction of sp³-hybridized carbons (Fsp3) is 0.682. The van der Waals surface area contributed by atoms with Gasteiger partial charge in [0, 0.05) is 13.3 Å². The van der Waals surface area contributed by atoms with Crippen LogP contribution in [0.25, 0.3) is 0 Å². The minimum atomic E-state index is -1.34. The minimum Gasteiger partial charge on any atom is -0.481 e. The number of carboxylic acids is 2. The Morgan fingerprint density at radius 1 is 0.800 bits per heavy atom. The zero-order chi connectivity index (χ0) is 27.3. The van der Waals surface area contributed by atoms with Crippen molar-refractivity contribution < 1.29 is 43.8 Å². The topological polar surface area (TPSA) is 208 Å². The fourth-order valence-electron chi connectivity index (χ4n) is 3.10. The van der Waals surface area contributed by atoms with Crippen molar-refractivity contribution in [3.63, 3.8) is 0 Å². The summed E-state index contributed by atoms with van der Waals surface area (Å²) in [6, 6.07) is -4.82. The van der Waals surface area contributed by atoms with Gasteiger partial charge < -0.3 is 36.3 Å². The highest BCUT2D eigenvalue weighted by Gasteiger charge is 2.33. The molecule has 0 heterocycles. The molecule has 0 rings (SSSR count). The van der Waals surface area contributed by atoms with Crippen LogP contribution in [0.15, 0.2) is 0 Å². The van der Waals surface area contributed by atoms with Crippen LogP contribution in [0.5, 0.6) is 0 Å². The number of aldehydes is 1. The number of hydrogen-bond donors (Lipinski definition) is 6. The Morgan fingerprint density at radius 3 is 1.80 bits per heavy atom. The highest BCUT2D eigenvalue weighted by Crippen LogP contribution is 2.11. The van der Waals surface area contributed by atoms with Crippen molar-refractivity contribution in [2.24, 2.45) is 11.8 Å². The average molecular weight is 501 g/mol. The molecule has 0 bridgehead atoms. The molecule has 0 saturated carbocycles. The highest BCUT2D eigenvalue weighted by atomic mass is 16.4. The summed E-state index contributed by atoms with van der Waals surface area (Å²) in [6.45, 7) is 7.97. The van der Waals surface area contributed by atoms with Crippen LogP contribution in [0.1, 0.15) is 60.3 Å². The molecule has 13 heteroatoms. The van der Waals surface area contributed by atoms with Gasteiger partial charge in [-0.25, -0.2) is 0 Å². The number of carbonyl (C=O) groups is 7. The van der Waals surface area contributed by atoms with Gasteiger partial charge in [-0.2, -0.15) is 0 Å². The fourth-order valence-corrected chi connectivity index (χ4v) is 3.10. The summed E-state index contributed by atoms with van der Waals surface area (Å²) < 4.78 is 0. The third-order valence-corrected chi connectivity index (χ3v) is 5.27. The van der Waals surface area contributed by atoms with Gasteiger partial charge in [-0.05, 0) is 18.3 Å². The van der Waals surface area contributed by atoms with E-state index in [2.05, 4.69) is 21.3 Å². The highest BCUT2D eigenvalue weighted by molar-refractivity contribution is 5.95. The summed E-state index contributed by atoms with van der Waals surface area (Å²) >= 11 is 0. The molecule has 0 saturated heterocycles. The van der Waals surface area contributed by atoms with Crippen LogP contribution in [0, 0.1) is 11.8 Å². The number of nitrogens with one attached hydrogen (secondary N) is 4. The average Bonchev–Trinajstić information content (AvgIpc) is 2.76. The summed E-state index contributed by atoms with van der Waals surface area (Å²) in [5.74, 6) is -6.11. The molecule has 0 aliphatic carbocycles. The Hall–Kier alpha value is -3.51. The quantitative estimate of drug-likeness (QED) is 0.146. The van der Waals surface area contributed by atoms with Crippen LogP contribution >= 0.6 is 0 Å². The Labute approximate surface area is 203 Å². The maximum absolute atomic E-state index is 13.0. The SMILES string of the molecule is CCC(C)[C@H](NC(=O)[C@H](CCC(=O)O)NC(=O)[C@@H](NC(C)=O)C(C)C)C(=O)N[C@H](C=O)CC(=O)O. The smallest absolute Gasteiger partial charge is 0.305 e. The largest absolute Gasteiger partial charge is 0.481 e. The Balaban J connectivity index is 5.74. The second kappa shape index (κ2) is 15.4. The number of amides is 4. The van der Waals surface area contributed by atoms with Crippen LogP contribution in [0.4, 0.5) is 0 Å². The molecule has 5 atom stereocenters. The summed E-state index contributed by atoms with van der Waals surface area (Å²) in [4.78, 5) is 83.1. The standard InChI is InChI=1S/C22H36N4O9/c1-6-12(4)19(22(35)24-14(10-27)9-17(31)32)26-20(33)15(7-8-16(29)30)25-21(34)18(11(2)3)23-13(5)28/h10-12,14-15,18-19H,6-9H2,1-5H3,(H,23,28)(H,24,35)(H,25,34)(H,26,33)(H,29,30)(H,31,32)/t12?,14-,15-,18-,19-/m0/s1. The molecule has 0 radical (unpaired) electrons. The van der Waals surface area contributed by atoms with Gasteiger partial charge in [0.2, 0.25) is 23.6 Å². The lowest BCUT2D eigenvalue weighted by Crippen LogP contribution is -2.59. The molecule has 198 valence electrons. The number of carbonyl (C=O) groups excluding carboxylic acids is 5. The van der Waals surface area contributed by atoms with Crippen molar-refractivity contribution in [2.75, 3.05) is 0 Å². The van der Waals surface area contributed by atoms with Gasteiger partial charge in [0.1, 0.15) is 24.4 Å². The van der Waals surface area contributed by atoms with E-state index in [-0.39, 0.29) is 18.6 Å². The molecule has 13 nitrogen and oxygen atoms in total. The first kappa shape index (κ1) is 31.5. The van der Waals surface area contributed by atoms with Crippen molar-refractivity contribution >= 4 is 41.9 Å². The molecule has 0 aliphatic heterocycles. The lowest BCUT2D eigenvalue weighted by molar-refractivity contribution is -0.140.